The molecule has 0 aliphatic rings. The van der Waals surface area contributed by atoms with Gasteiger partial charge < -0.3 is 35.8 Å². The van der Waals surface area contributed by atoms with Gasteiger partial charge in [0.25, 0.3) is 0 Å². The number of benzene rings is 3. The number of rotatable bonds is 10. The Morgan fingerprint density at radius 3 is 2.08 bits per heavy atom. The molecule has 1 heterocycles. The van der Waals surface area contributed by atoms with Gasteiger partial charge in [0, 0.05) is 43.1 Å². The molecule has 13 heteroatoms. The smallest absolute Gasteiger partial charge is 0.425 e. The molecule has 4 rings (SSSR count). The van der Waals surface area contributed by atoms with Crippen molar-refractivity contribution in [3.05, 3.63) is 95.7 Å². The molecular formula is C38H46N6O7. The zero-order chi connectivity index (χ0) is 37.5. The first kappa shape index (κ1) is 38.1. The van der Waals surface area contributed by atoms with Crippen LogP contribution in [0.3, 0.4) is 0 Å². The van der Waals surface area contributed by atoms with Crippen molar-refractivity contribution in [1.29, 1.82) is 0 Å². The highest BCUT2D eigenvalue weighted by Gasteiger charge is 2.34. The first-order valence-electron chi connectivity index (χ1n) is 16.5. The van der Waals surface area contributed by atoms with E-state index in [0.29, 0.717) is 47.2 Å². The summed E-state index contributed by atoms with van der Waals surface area (Å²) in [5.41, 5.74) is 7.43. The zero-order valence-corrected chi connectivity index (χ0v) is 30.0. The van der Waals surface area contributed by atoms with Crippen molar-refractivity contribution < 1.29 is 33.8 Å². The van der Waals surface area contributed by atoms with Crippen LogP contribution in [0.5, 0.6) is 0 Å². The van der Waals surface area contributed by atoms with Gasteiger partial charge in [0.1, 0.15) is 11.2 Å². The van der Waals surface area contributed by atoms with Gasteiger partial charge in [-0.25, -0.2) is 24.2 Å². The van der Waals surface area contributed by atoms with Gasteiger partial charge in [-0.1, -0.05) is 36.4 Å². The number of carbonyl (C=O) groups excluding carboxylic acids is 3. The van der Waals surface area contributed by atoms with Gasteiger partial charge in [-0.05, 0) is 106 Å². The maximum Gasteiger partial charge on any atom is 0.425 e. The minimum atomic E-state index is -1.09. The van der Waals surface area contributed by atoms with Gasteiger partial charge in [0.05, 0.1) is 0 Å². The van der Waals surface area contributed by atoms with Crippen molar-refractivity contribution in [2.75, 3.05) is 29.1 Å². The minimum absolute atomic E-state index is 0.0110. The number of likely N-dealkylation sites (N-methyl/N-ethyl adjacent to an activating group) is 1. The number of ether oxygens (including phenoxy) is 2. The minimum Gasteiger partial charge on any atom is -0.479 e. The summed E-state index contributed by atoms with van der Waals surface area (Å²) in [4.78, 5) is 58.3. The van der Waals surface area contributed by atoms with E-state index in [1.807, 2.05) is 30.3 Å². The Kier molecular flexibility index (Phi) is 11.9. The van der Waals surface area contributed by atoms with E-state index >= 15 is 0 Å². The molecule has 0 aliphatic heterocycles. The van der Waals surface area contributed by atoms with Crippen molar-refractivity contribution >= 4 is 52.2 Å². The van der Waals surface area contributed by atoms with Crippen LogP contribution in [0, 0.1) is 0 Å². The van der Waals surface area contributed by atoms with Crippen LogP contribution in [0.25, 0.3) is 10.8 Å². The number of nitrogens with two attached hydrogens (primary N) is 1. The average Bonchev–Trinajstić information content (AvgIpc) is 3.04. The number of anilines is 3. The number of aliphatic carboxylic acids is 1. The third-order valence-electron chi connectivity index (χ3n) is 7.47. The highest BCUT2D eigenvalue weighted by molar-refractivity contribution is 6.14. The molecule has 0 aliphatic carbocycles. The molecule has 0 saturated heterocycles. The van der Waals surface area contributed by atoms with Crippen molar-refractivity contribution in [2.24, 2.45) is 5.73 Å². The number of hydrogen-bond acceptors (Lipinski definition) is 9. The van der Waals surface area contributed by atoms with Crippen LogP contribution in [0.1, 0.15) is 64.3 Å². The SMILES string of the molecule is CN(CCc1ccc(C(Nc2ccc3c(N(C(=O)OC(C)(C)C)C(=O)OC(C)(C)C)nccc3c2)C(=O)O)cc1)C(=O)Nc1cccc(CN)c1. The molecule has 3 aromatic carbocycles. The van der Waals surface area contributed by atoms with Crippen molar-refractivity contribution in [2.45, 2.75) is 71.8 Å². The molecule has 4 aromatic rings. The number of fused-ring (bicyclic) bond motifs is 1. The van der Waals surface area contributed by atoms with Crippen LogP contribution >= 0.6 is 0 Å². The molecule has 0 fully saturated rings. The molecule has 4 amide bonds. The molecule has 51 heavy (non-hydrogen) atoms. The fourth-order valence-corrected chi connectivity index (χ4v) is 5.02. The summed E-state index contributed by atoms with van der Waals surface area (Å²) < 4.78 is 11.0. The predicted octanol–water partition coefficient (Wildman–Crippen LogP) is 7.31. The molecule has 1 unspecified atom stereocenters. The van der Waals surface area contributed by atoms with Gasteiger partial charge in [0.15, 0.2) is 11.9 Å². The van der Waals surface area contributed by atoms with Crippen LogP contribution < -0.4 is 21.3 Å². The topological polar surface area (TPSA) is 176 Å². The number of carbonyl (C=O) groups is 4. The molecule has 0 bridgehead atoms. The average molecular weight is 699 g/mol. The lowest BCUT2D eigenvalue weighted by Crippen LogP contribution is -2.44. The quantitative estimate of drug-likeness (QED) is 0.131. The van der Waals surface area contributed by atoms with Crippen LogP contribution in [0.15, 0.2) is 79.0 Å². The fraction of sp³-hybridized carbons (Fsp3) is 0.342. The Labute approximate surface area is 297 Å². The summed E-state index contributed by atoms with van der Waals surface area (Å²) in [6.07, 6.45) is 0.105. The molecule has 270 valence electrons. The van der Waals surface area contributed by atoms with Gasteiger partial charge in [-0.3, -0.25) is 0 Å². The monoisotopic (exact) mass is 698 g/mol. The van der Waals surface area contributed by atoms with E-state index in [1.54, 1.807) is 96.0 Å². The number of nitrogens with one attached hydrogen (secondary N) is 2. The van der Waals surface area contributed by atoms with Gasteiger partial charge in [-0.15, -0.1) is 0 Å². The Bertz CT molecular complexity index is 1850. The molecule has 0 spiro atoms. The van der Waals surface area contributed by atoms with E-state index in [4.69, 9.17) is 15.2 Å². The van der Waals surface area contributed by atoms with Crippen molar-refractivity contribution in [1.82, 2.24) is 9.88 Å². The molecule has 1 aromatic heterocycles. The molecule has 13 nitrogen and oxygen atoms in total. The summed E-state index contributed by atoms with van der Waals surface area (Å²) >= 11 is 0. The van der Waals surface area contributed by atoms with Crippen LogP contribution in [-0.4, -0.2) is 64.0 Å². The largest absolute Gasteiger partial charge is 0.479 e. The Morgan fingerprint density at radius 2 is 1.49 bits per heavy atom. The Balaban J connectivity index is 1.49. The summed E-state index contributed by atoms with van der Waals surface area (Å²) in [6.45, 7) is 10.9. The summed E-state index contributed by atoms with van der Waals surface area (Å²) in [6, 6.07) is 19.9. The number of amides is 4. The Hall–Kier alpha value is -5.69. The van der Waals surface area contributed by atoms with E-state index in [9.17, 15) is 24.3 Å². The second-order valence-corrected chi connectivity index (χ2v) is 14.0. The standard InChI is InChI=1S/C38H46N6O7/c1-37(2,3)50-35(48)44(36(49)51-38(4,5)6)32-30-16-15-29(22-27(30)17-19-40-32)41-31(33(45)46)26-13-11-24(12-14-26)18-20-43(7)34(47)42-28-10-8-9-25(21-28)23-39/h8-17,19,21-22,31,41H,18,20,23,39H2,1-7H3,(H,42,47)(H,45,46). The van der Waals surface area contributed by atoms with E-state index in [2.05, 4.69) is 15.6 Å². The number of imide groups is 1. The lowest BCUT2D eigenvalue weighted by atomic mass is 10.0. The van der Waals surface area contributed by atoms with Crippen LogP contribution in [0.2, 0.25) is 0 Å². The number of aromatic nitrogens is 1. The molecule has 0 saturated carbocycles. The van der Waals surface area contributed by atoms with Crippen molar-refractivity contribution in [3.63, 3.8) is 0 Å². The normalized spacial score (nSPS) is 12.1. The highest BCUT2D eigenvalue weighted by atomic mass is 16.6. The lowest BCUT2D eigenvalue weighted by molar-refractivity contribution is -0.138. The maximum absolute atomic E-state index is 13.3. The maximum atomic E-state index is 13.3. The molecule has 5 N–H and O–H groups in total. The van der Waals surface area contributed by atoms with Gasteiger partial charge in [-0.2, -0.15) is 4.90 Å². The van der Waals surface area contributed by atoms with E-state index in [0.717, 1.165) is 16.0 Å². The van der Waals surface area contributed by atoms with Gasteiger partial charge >= 0.3 is 24.2 Å². The Morgan fingerprint density at radius 1 is 0.843 bits per heavy atom. The molecule has 0 radical (unpaired) electrons. The zero-order valence-electron chi connectivity index (χ0n) is 30.0. The first-order chi connectivity index (χ1) is 23.9. The summed E-state index contributed by atoms with van der Waals surface area (Å²) in [5.74, 6) is -1.08. The number of carboxylic acids is 1. The lowest BCUT2D eigenvalue weighted by Gasteiger charge is -2.28. The number of pyridine rings is 1. The van der Waals surface area contributed by atoms with Crippen LogP contribution in [-0.2, 0) is 27.2 Å². The second kappa shape index (κ2) is 15.9. The molecular weight excluding hydrogens is 652 g/mol. The van der Waals surface area contributed by atoms with E-state index in [1.165, 1.54) is 6.20 Å². The predicted molar refractivity (Wildman–Crippen MR) is 197 cm³/mol. The third-order valence-corrected chi connectivity index (χ3v) is 7.47. The number of carboxylic acid groups (broad SMARTS) is 1. The summed E-state index contributed by atoms with van der Waals surface area (Å²) in [7, 11) is 1.70. The number of nitrogens with zero attached hydrogens (tertiary/aromatic N) is 3. The van der Waals surface area contributed by atoms with E-state index < -0.39 is 35.4 Å². The first-order valence-corrected chi connectivity index (χ1v) is 16.5. The second-order valence-electron chi connectivity index (χ2n) is 14.0. The number of hydrogen-bond donors (Lipinski definition) is 4. The van der Waals surface area contributed by atoms with Crippen LogP contribution in [0.4, 0.5) is 31.6 Å². The van der Waals surface area contributed by atoms with Gasteiger partial charge in [0.2, 0.25) is 0 Å². The van der Waals surface area contributed by atoms with Crippen molar-refractivity contribution in [3.8, 4) is 0 Å². The summed E-state index contributed by atoms with van der Waals surface area (Å²) in [5, 5.41) is 17.1. The fourth-order valence-electron chi connectivity index (χ4n) is 5.02. The number of urea groups is 1. The molecule has 1 atom stereocenters. The third kappa shape index (κ3) is 10.6. The van der Waals surface area contributed by atoms with E-state index in [-0.39, 0.29) is 11.8 Å². The highest BCUT2D eigenvalue weighted by Crippen LogP contribution is 2.31.